The fourth-order valence-electron chi connectivity index (χ4n) is 2.51. The maximum atomic E-state index is 11.3. The van der Waals surface area contributed by atoms with Gasteiger partial charge >= 0.3 is 5.97 Å². The lowest BCUT2D eigenvalue weighted by atomic mass is 9.79. The van der Waals surface area contributed by atoms with E-state index in [-0.39, 0.29) is 16.6 Å². The monoisotopic (exact) mass is 288 g/mol. The first kappa shape index (κ1) is 15.6. The highest BCUT2D eigenvalue weighted by Crippen LogP contribution is 2.38. The van der Waals surface area contributed by atoms with Crippen molar-refractivity contribution in [3.8, 4) is 0 Å². The van der Waals surface area contributed by atoms with Gasteiger partial charge in [-0.3, -0.25) is 0 Å². The fraction of sp³-hybridized carbons (Fsp3) is 0.500. The molecule has 1 N–H and O–H groups in total. The van der Waals surface area contributed by atoms with E-state index in [2.05, 4.69) is 53.7 Å². The minimum absolute atomic E-state index is 0.00128. The molecule has 2 aromatic rings. The molecule has 1 aromatic heterocycles. The number of carbonyl (C=O) groups is 1. The molecule has 0 saturated carbocycles. The van der Waals surface area contributed by atoms with Gasteiger partial charge in [0.2, 0.25) is 5.76 Å². The highest BCUT2D eigenvalue weighted by atomic mass is 16.4. The second-order valence-electron chi connectivity index (χ2n) is 7.76. The van der Waals surface area contributed by atoms with Crippen LogP contribution in [0.4, 0.5) is 0 Å². The summed E-state index contributed by atoms with van der Waals surface area (Å²) >= 11 is 0. The van der Waals surface area contributed by atoms with Gasteiger partial charge in [0.1, 0.15) is 5.58 Å². The van der Waals surface area contributed by atoms with E-state index in [4.69, 9.17) is 4.42 Å². The molecular weight excluding hydrogens is 264 g/mol. The Bertz CT molecular complexity index is 707. The number of benzene rings is 1. The van der Waals surface area contributed by atoms with Crippen LogP contribution in [0.25, 0.3) is 11.0 Å². The van der Waals surface area contributed by atoms with Gasteiger partial charge in [0.05, 0.1) is 0 Å². The molecule has 0 fully saturated rings. The van der Waals surface area contributed by atoms with Gasteiger partial charge in [0.25, 0.3) is 0 Å². The number of hydrogen-bond donors (Lipinski definition) is 1. The largest absolute Gasteiger partial charge is 0.475 e. The van der Waals surface area contributed by atoms with Crippen molar-refractivity contribution < 1.29 is 14.3 Å². The molecule has 0 radical (unpaired) electrons. The third-order valence-corrected chi connectivity index (χ3v) is 3.91. The topological polar surface area (TPSA) is 50.4 Å². The van der Waals surface area contributed by atoms with Crippen molar-refractivity contribution in [1.29, 1.82) is 0 Å². The maximum Gasteiger partial charge on any atom is 0.372 e. The molecule has 1 heterocycles. The molecule has 0 aliphatic heterocycles. The van der Waals surface area contributed by atoms with Gasteiger partial charge in [-0.25, -0.2) is 4.79 Å². The molecule has 21 heavy (non-hydrogen) atoms. The van der Waals surface area contributed by atoms with Gasteiger partial charge in [0, 0.05) is 16.5 Å². The van der Waals surface area contributed by atoms with E-state index < -0.39 is 5.97 Å². The van der Waals surface area contributed by atoms with Crippen molar-refractivity contribution in [2.24, 2.45) is 0 Å². The van der Waals surface area contributed by atoms with Crippen LogP contribution in [0.3, 0.4) is 0 Å². The van der Waals surface area contributed by atoms with Crippen molar-refractivity contribution in [1.82, 2.24) is 0 Å². The van der Waals surface area contributed by atoms with E-state index in [0.717, 1.165) is 10.9 Å². The number of rotatable bonds is 1. The van der Waals surface area contributed by atoms with Crippen molar-refractivity contribution in [2.75, 3.05) is 0 Å². The van der Waals surface area contributed by atoms with Crippen LogP contribution in [-0.4, -0.2) is 11.1 Å². The molecule has 0 spiro atoms. The molecule has 0 unspecified atom stereocenters. The smallest absolute Gasteiger partial charge is 0.372 e. The van der Waals surface area contributed by atoms with Crippen molar-refractivity contribution in [2.45, 2.75) is 59.3 Å². The zero-order valence-electron chi connectivity index (χ0n) is 13.9. The molecule has 3 nitrogen and oxygen atoms in total. The summed E-state index contributed by atoms with van der Waals surface area (Å²) in [6, 6.07) is 4.22. The van der Waals surface area contributed by atoms with Gasteiger partial charge in [-0.1, -0.05) is 47.6 Å². The molecule has 114 valence electrons. The fourth-order valence-corrected chi connectivity index (χ4v) is 2.51. The molecule has 2 rings (SSSR count). The highest BCUT2D eigenvalue weighted by Gasteiger charge is 2.27. The molecule has 0 saturated heterocycles. The molecule has 0 aliphatic rings. The maximum absolute atomic E-state index is 11.3. The standard InChI is InChI=1S/C18H24O3/c1-10-12-8-11(17(2,3)4)9-13(18(5,6)7)15(12)21-14(10)16(19)20/h8-9H,1-7H3,(H,19,20). The van der Waals surface area contributed by atoms with Crippen LogP contribution in [0.5, 0.6) is 0 Å². The first-order chi connectivity index (χ1) is 9.43. The second-order valence-corrected chi connectivity index (χ2v) is 7.76. The van der Waals surface area contributed by atoms with Crippen LogP contribution >= 0.6 is 0 Å². The average Bonchev–Trinajstić information content (AvgIpc) is 2.63. The molecular formula is C18H24O3. The van der Waals surface area contributed by atoms with Crippen LogP contribution in [0.1, 0.15) is 68.8 Å². The van der Waals surface area contributed by atoms with Crippen LogP contribution < -0.4 is 0 Å². The van der Waals surface area contributed by atoms with Gasteiger partial charge in [-0.05, 0) is 29.4 Å². The zero-order valence-corrected chi connectivity index (χ0v) is 13.9. The quantitative estimate of drug-likeness (QED) is 0.800. The Balaban J connectivity index is 2.92. The summed E-state index contributed by atoms with van der Waals surface area (Å²) in [7, 11) is 0. The summed E-state index contributed by atoms with van der Waals surface area (Å²) in [5.41, 5.74) is 3.54. The van der Waals surface area contributed by atoms with Crippen molar-refractivity contribution in [3.63, 3.8) is 0 Å². The summed E-state index contributed by atoms with van der Waals surface area (Å²) in [5.74, 6) is -0.970. The predicted octanol–water partition coefficient (Wildman–Crippen LogP) is 5.03. The third-order valence-electron chi connectivity index (χ3n) is 3.91. The van der Waals surface area contributed by atoms with E-state index in [0.29, 0.717) is 11.1 Å². The second kappa shape index (κ2) is 4.62. The Morgan fingerprint density at radius 1 is 1.05 bits per heavy atom. The highest BCUT2D eigenvalue weighted by molar-refractivity contribution is 5.96. The first-order valence-corrected chi connectivity index (χ1v) is 7.24. The van der Waals surface area contributed by atoms with Gasteiger partial charge in [-0.15, -0.1) is 0 Å². The Hall–Kier alpha value is -1.77. The Morgan fingerprint density at radius 3 is 2.05 bits per heavy atom. The molecule has 0 amide bonds. The summed E-state index contributed by atoms with van der Waals surface area (Å²) in [6.07, 6.45) is 0. The van der Waals surface area contributed by atoms with Crippen LogP contribution in [-0.2, 0) is 10.8 Å². The number of carboxylic acid groups (broad SMARTS) is 1. The van der Waals surface area contributed by atoms with Crippen molar-refractivity contribution in [3.05, 3.63) is 34.6 Å². The number of fused-ring (bicyclic) bond motifs is 1. The Morgan fingerprint density at radius 2 is 1.62 bits per heavy atom. The lowest BCUT2D eigenvalue weighted by Crippen LogP contribution is -2.16. The summed E-state index contributed by atoms with van der Waals surface area (Å²) in [5, 5.41) is 10.2. The predicted molar refractivity (Wildman–Crippen MR) is 85.3 cm³/mol. The molecule has 0 bridgehead atoms. The van der Waals surface area contributed by atoms with Gasteiger partial charge in [-0.2, -0.15) is 0 Å². The van der Waals surface area contributed by atoms with Gasteiger partial charge in [0.15, 0.2) is 0 Å². The summed E-state index contributed by atoms with van der Waals surface area (Å²) < 4.78 is 5.69. The molecule has 3 heteroatoms. The van der Waals surface area contributed by atoms with Crippen molar-refractivity contribution >= 4 is 16.9 Å². The SMILES string of the molecule is Cc1c(C(=O)O)oc2c(C(C)(C)C)cc(C(C)(C)C)cc12. The van der Waals surface area contributed by atoms with E-state index in [1.807, 2.05) is 6.92 Å². The Kier molecular flexibility index (Phi) is 3.43. The zero-order chi connectivity index (χ0) is 16.2. The number of aromatic carboxylic acids is 1. The summed E-state index contributed by atoms with van der Waals surface area (Å²) in [6.45, 7) is 14.6. The average molecular weight is 288 g/mol. The molecule has 0 aliphatic carbocycles. The number of hydrogen-bond acceptors (Lipinski definition) is 2. The van der Waals surface area contributed by atoms with Crippen LogP contribution in [0.15, 0.2) is 16.5 Å². The van der Waals surface area contributed by atoms with E-state index in [9.17, 15) is 9.90 Å². The first-order valence-electron chi connectivity index (χ1n) is 7.24. The number of aryl methyl sites for hydroxylation is 1. The van der Waals surface area contributed by atoms with E-state index in [1.165, 1.54) is 5.56 Å². The molecule has 0 atom stereocenters. The minimum atomic E-state index is -1.01. The van der Waals surface area contributed by atoms with Gasteiger partial charge < -0.3 is 9.52 Å². The lowest BCUT2D eigenvalue weighted by molar-refractivity contribution is 0.0663. The van der Waals surface area contributed by atoms with E-state index >= 15 is 0 Å². The third kappa shape index (κ3) is 2.69. The Labute approximate surface area is 126 Å². The number of furan rings is 1. The van der Waals surface area contributed by atoms with Crippen LogP contribution in [0.2, 0.25) is 0 Å². The normalized spacial score (nSPS) is 12.9. The van der Waals surface area contributed by atoms with Crippen LogP contribution in [0, 0.1) is 6.92 Å². The summed E-state index contributed by atoms with van der Waals surface area (Å²) in [4.78, 5) is 11.3. The molecule has 1 aromatic carbocycles. The number of carboxylic acids is 1. The minimum Gasteiger partial charge on any atom is -0.475 e. The van der Waals surface area contributed by atoms with E-state index in [1.54, 1.807) is 0 Å². The lowest BCUT2D eigenvalue weighted by Gasteiger charge is -2.25.